The smallest absolute Gasteiger partial charge is 0.373 e. The van der Waals surface area contributed by atoms with Crippen molar-refractivity contribution in [2.75, 3.05) is 7.11 Å². The minimum atomic E-state index is -4.06. The molecular weight excluding hydrogens is 358 g/mol. The van der Waals surface area contributed by atoms with Crippen LogP contribution >= 0.6 is 0 Å². The topological polar surface area (TPSA) is 101 Å². The molecule has 2 aromatic rings. The molecule has 1 atom stereocenters. The maximum atomic E-state index is 13.1. The Hall–Kier alpha value is -2.71. The summed E-state index contributed by atoms with van der Waals surface area (Å²) in [6.45, 7) is -0.0613. The fourth-order valence-electron chi connectivity index (χ4n) is 3.00. The highest BCUT2D eigenvalue weighted by Gasteiger charge is 2.41. The van der Waals surface area contributed by atoms with Crippen LogP contribution in [0.5, 0.6) is 5.75 Å². The molecule has 0 aliphatic carbocycles. The van der Waals surface area contributed by atoms with Crippen molar-refractivity contribution in [2.24, 2.45) is 0 Å². The molecule has 0 fully saturated rings. The molecule has 1 aliphatic heterocycles. The zero-order valence-electron chi connectivity index (χ0n) is 14.0. The fraction of sp³-hybridized carbons (Fsp3) is 0.222. The minimum absolute atomic E-state index is 0.0245. The Balaban J connectivity index is 2.06. The SMILES string of the molecule is COc1ccc(S(=O)(=O)N2Cc3ccccc3C[C@@H]2C(=O)C(=O)O)cc1. The summed E-state index contributed by atoms with van der Waals surface area (Å²) in [4.78, 5) is 23.4. The van der Waals surface area contributed by atoms with E-state index in [-0.39, 0.29) is 17.9 Å². The summed E-state index contributed by atoms with van der Waals surface area (Å²) in [5.74, 6) is -2.30. The van der Waals surface area contributed by atoms with Gasteiger partial charge in [0.2, 0.25) is 10.0 Å². The van der Waals surface area contributed by atoms with Crippen LogP contribution < -0.4 is 4.74 Å². The highest BCUT2D eigenvalue weighted by atomic mass is 32.2. The van der Waals surface area contributed by atoms with Gasteiger partial charge in [0.25, 0.3) is 5.78 Å². The number of sulfonamides is 1. The number of fused-ring (bicyclic) bond motifs is 1. The van der Waals surface area contributed by atoms with Gasteiger partial charge in [-0.3, -0.25) is 4.79 Å². The molecule has 7 nitrogen and oxygen atoms in total. The van der Waals surface area contributed by atoms with Crippen molar-refractivity contribution < 1.29 is 27.9 Å². The standard InChI is InChI=1S/C18H17NO6S/c1-25-14-6-8-15(9-7-14)26(23,24)19-11-13-5-3-2-4-12(13)10-16(19)17(20)18(21)22/h2-9,16H,10-11H2,1H3,(H,21,22)/t16-/m1/s1. The molecule has 0 saturated carbocycles. The Kier molecular flexibility index (Phi) is 4.80. The number of nitrogens with zero attached hydrogens (tertiary/aromatic N) is 1. The zero-order valence-corrected chi connectivity index (χ0v) is 14.8. The third kappa shape index (κ3) is 3.21. The van der Waals surface area contributed by atoms with E-state index in [1.807, 2.05) is 0 Å². The van der Waals surface area contributed by atoms with Crippen LogP contribution in [0.3, 0.4) is 0 Å². The number of methoxy groups -OCH3 is 1. The van der Waals surface area contributed by atoms with Crippen molar-refractivity contribution in [3.63, 3.8) is 0 Å². The van der Waals surface area contributed by atoms with Crippen LogP contribution in [0.25, 0.3) is 0 Å². The maximum Gasteiger partial charge on any atom is 0.373 e. The first-order chi connectivity index (χ1) is 12.3. The number of benzene rings is 2. The van der Waals surface area contributed by atoms with E-state index in [1.54, 1.807) is 24.3 Å². The van der Waals surface area contributed by atoms with Crippen LogP contribution in [0.15, 0.2) is 53.4 Å². The lowest BCUT2D eigenvalue weighted by atomic mass is 9.94. The number of Topliss-reactive ketones (excluding diaryl/α,β-unsaturated/α-hetero) is 1. The Morgan fingerprint density at radius 3 is 2.27 bits per heavy atom. The molecule has 0 bridgehead atoms. The first kappa shape index (κ1) is 18.1. The van der Waals surface area contributed by atoms with E-state index in [1.165, 1.54) is 31.4 Å². The van der Waals surface area contributed by atoms with Gasteiger partial charge in [0.1, 0.15) is 5.75 Å². The summed E-state index contributed by atoms with van der Waals surface area (Å²) < 4.78 is 32.1. The van der Waals surface area contributed by atoms with Crippen molar-refractivity contribution >= 4 is 21.8 Å². The lowest BCUT2D eigenvalue weighted by Gasteiger charge is -2.34. The number of aliphatic carboxylic acids is 1. The third-order valence-electron chi connectivity index (χ3n) is 4.38. The lowest BCUT2D eigenvalue weighted by molar-refractivity contribution is -0.151. The van der Waals surface area contributed by atoms with Gasteiger partial charge >= 0.3 is 5.97 Å². The normalized spacial score (nSPS) is 17.3. The van der Waals surface area contributed by atoms with Crippen LogP contribution in [0.1, 0.15) is 11.1 Å². The highest BCUT2D eigenvalue weighted by Crippen LogP contribution is 2.30. The summed E-state index contributed by atoms with van der Waals surface area (Å²) in [6.07, 6.45) is 0.0245. The molecule has 8 heteroatoms. The maximum absolute atomic E-state index is 13.1. The number of carboxylic acids is 1. The molecule has 136 valence electrons. The molecule has 0 amide bonds. The van der Waals surface area contributed by atoms with Gasteiger partial charge in [-0.2, -0.15) is 4.31 Å². The molecule has 0 saturated heterocycles. The van der Waals surface area contributed by atoms with Crippen molar-refractivity contribution in [1.29, 1.82) is 0 Å². The fourth-order valence-corrected chi connectivity index (χ4v) is 4.57. The molecule has 2 aromatic carbocycles. The third-order valence-corrected chi connectivity index (χ3v) is 6.25. The molecule has 0 radical (unpaired) electrons. The Morgan fingerprint density at radius 1 is 1.08 bits per heavy atom. The van der Waals surface area contributed by atoms with Gasteiger partial charge < -0.3 is 9.84 Å². The van der Waals surface area contributed by atoms with E-state index in [0.29, 0.717) is 5.75 Å². The average Bonchev–Trinajstić information content (AvgIpc) is 2.66. The van der Waals surface area contributed by atoms with Crippen molar-refractivity contribution in [1.82, 2.24) is 4.31 Å². The summed E-state index contributed by atoms with van der Waals surface area (Å²) in [5.41, 5.74) is 1.52. The number of rotatable bonds is 5. The number of carbonyl (C=O) groups excluding carboxylic acids is 1. The molecule has 0 unspecified atom stereocenters. The molecule has 1 N–H and O–H groups in total. The van der Waals surface area contributed by atoms with E-state index in [4.69, 9.17) is 9.84 Å². The first-order valence-corrected chi connectivity index (χ1v) is 9.28. The van der Waals surface area contributed by atoms with E-state index in [9.17, 15) is 18.0 Å². The molecule has 0 spiro atoms. The minimum Gasteiger partial charge on any atom is -0.497 e. The van der Waals surface area contributed by atoms with Crippen LogP contribution in [0, 0.1) is 0 Å². The molecule has 0 aromatic heterocycles. The van der Waals surface area contributed by atoms with Gasteiger partial charge in [0.15, 0.2) is 0 Å². The Labute approximate surface area is 150 Å². The molecular formula is C18H17NO6S. The molecule has 26 heavy (non-hydrogen) atoms. The van der Waals surface area contributed by atoms with Gasteiger partial charge in [-0.05, 0) is 41.8 Å². The van der Waals surface area contributed by atoms with Gasteiger partial charge in [-0.25, -0.2) is 13.2 Å². The second-order valence-corrected chi connectivity index (χ2v) is 7.77. The number of carbonyl (C=O) groups is 2. The predicted molar refractivity (Wildman–Crippen MR) is 92.3 cm³/mol. The van der Waals surface area contributed by atoms with E-state index in [0.717, 1.165) is 15.4 Å². The Bertz CT molecular complexity index is 952. The first-order valence-electron chi connectivity index (χ1n) is 7.84. The van der Waals surface area contributed by atoms with Crippen LogP contribution in [-0.4, -0.2) is 42.7 Å². The predicted octanol–water partition coefficient (Wildman–Crippen LogP) is 1.46. The van der Waals surface area contributed by atoms with Gasteiger partial charge in [0.05, 0.1) is 18.0 Å². The quantitative estimate of drug-likeness (QED) is 0.794. The molecule has 1 aliphatic rings. The second-order valence-electron chi connectivity index (χ2n) is 5.88. The summed E-state index contributed by atoms with van der Waals surface area (Å²) >= 11 is 0. The zero-order chi connectivity index (χ0) is 18.9. The monoisotopic (exact) mass is 375 g/mol. The number of hydrogen-bond acceptors (Lipinski definition) is 5. The molecule has 1 heterocycles. The van der Waals surface area contributed by atoms with Gasteiger partial charge in [0, 0.05) is 6.54 Å². The van der Waals surface area contributed by atoms with Crippen molar-refractivity contribution in [3.8, 4) is 5.75 Å². The summed E-state index contributed by atoms with van der Waals surface area (Å²) in [5, 5.41) is 9.12. The van der Waals surface area contributed by atoms with Crippen molar-refractivity contribution in [2.45, 2.75) is 23.9 Å². The van der Waals surface area contributed by atoms with Crippen LogP contribution in [-0.2, 0) is 32.6 Å². The van der Waals surface area contributed by atoms with Crippen LogP contribution in [0.4, 0.5) is 0 Å². The van der Waals surface area contributed by atoms with E-state index >= 15 is 0 Å². The van der Waals surface area contributed by atoms with Gasteiger partial charge in [-0.15, -0.1) is 0 Å². The van der Waals surface area contributed by atoms with Gasteiger partial charge in [-0.1, -0.05) is 24.3 Å². The van der Waals surface area contributed by atoms with Crippen LogP contribution in [0.2, 0.25) is 0 Å². The highest BCUT2D eigenvalue weighted by molar-refractivity contribution is 7.89. The summed E-state index contributed by atoms with van der Waals surface area (Å²) in [7, 11) is -2.60. The number of hydrogen-bond donors (Lipinski definition) is 1. The van der Waals surface area contributed by atoms with E-state index < -0.39 is 27.8 Å². The second kappa shape index (κ2) is 6.89. The largest absolute Gasteiger partial charge is 0.497 e. The number of carboxylic acid groups (broad SMARTS) is 1. The molecule has 3 rings (SSSR count). The van der Waals surface area contributed by atoms with E-state index in [2.05, 4.69) is 0 Å². The van der Waals surface area contributed by atoms with Crippen molar-refractivity contribution in [3.05, 3.63) is 59.7 Å². The average molecular weight is 375 g/mol. The lowest BCUT2D eigenvalue weighted by Crippen LogP contribution is -2.50. The Morgan fingerprint density at radius 2 is 1.69 bits per heavy atom. The number of ketones is 1. The summed E-state index contributed by atoms with van der Waals surface area (Å²) in [6, 6.07) is 11.5. The number of ether oxygens (including phenoxy) is 1.